The Kier molecular flexibility index (Phi) is 6.91. The highest BCUT2D eigenvalue weighted by atomic mass is 16.2. The van der Waals surface area contributed by atoms with Gasteiger partial charge in [-0.2, -0.15) is 0 Å². The number of hydrogen-bond donors (Lipinski definition) is 3. The second kappa shape index (κ2) is 7.36. The lowest BCUT2D eigenvalue weighted by molar-refractivity contribution is -0.124. The van der Waals surface area contributed by atoms with E-state index in [9.17, 15) is 9.59 Å². The third-order valence-electron chi connectivity index (χ3n) is 2.64. The first-order chi connectivity index (χ1) is 8.14. The van der Waals surface area contributed by atoms with Crippen molar-refractivity contribution in [1.29, 1.82) is 0 Å². The molecule has 5 nitrogen and oxygen atoms in total. The monoisotopic (exact) mass is 257 g/mol. The van der Waals surface area contributed by atoms with Crippen LogP contribution in [0.4, 0.5) is 0 Å². The number of hydrogen-bond acceptors (Lipinski definition) is 3. The van der Waals surface area contributed by atoms with Crippen LogP contribution in [0.15, 0.2) is 0 Å². The maximum Gasteiger partial charge on any atom is 0.236 e. The van der Waals surface area contributed by atoms with E-state index in [0.717, 1.165) is 6.42 Å². The molecule has 0 rings (SSSR count). The fourth-order valence-corrected chi connectivity index (χ4v) is 1.78. The SMILES string of the molecule is CC(C)CCNC(=O)C(C)NC(C)(C)CC(N)=O. The van der Waals surface area contributed by atoms with E-state index in [4.69, 9.17) is 5.73 Å². The summed E-state index contributed by atoms with van der Waals surface area (Å²) >= 11 is 0. The van der Waals surface area contributed by atoms with Crippen molar-refractivity contribution in [3.05, 3.63) is 0 Å². The van der Waals surface area contributed by atoms with Gasteiger partial charge in [0.05, 0.1) is 6.04 Å². The van der Waals surface area contributed by atoms with Gasteiger partial charge < -0.3 is 16.4 Å². The molecule has 0 aliphatic carbocycles. The van der Waals surface area contributed by atoms with Crippen molar-refractivity contribution in [1.82, 2.24) is 10.6 Å². The molecule has 18 heavy (non-hydrogen) atoms. The standard InChI is InChI=1S/C13H27N3O2/c1-9(2)6-7-15-12(18)10(3)16-13(4,5)8-11(14)17/h9-10,16H,6-8H2,1-5H3,(H2,14,17)(H,15,18). The minimum atomic E-state index is -0.472. The Balaban J connectivity index is 4.10. The average molecular weight is 257 g/mol. The number of nitrogens with one attached hydrogen (secondary N) is 2. The zero-order chi connectivity index (χ0) is 14.3. The van der Waals surface area contributed by atoms with Gasteiger partial charge in [0.15, 0.2) is 0 Å². The molecule has 5 heteroatoms. The first-order valence-electron chi connectivity index (χ1n) is 6.48. The van der Waals surface area contributed by atoms with E-state index < -0.39 is 5.54 Å². The van der Waals surface area contributed by atoms with E-state index in [1.165, 1.54) is 0 Å². The first-order valence-corrected chi connectivity index (χ1v) is 6.48. The Bertz CT molecular complexity index is 288. The molecule has 106 valence electrons. The molecule has 0 saturated carbocycles. The number of primary amides is 1. The van der Waals surface area contributed by atoms with Gasteiger partial charge >= 0.3 is 0 Å². The maximum atomic E-state index is 11.8. The van der Waals surface area contributed by atoms with Gasteiger partial charge in [0.25, 0.3) is 0 Å². The molecular weight excluding hydrogens is 230 g/mol. The van der Waals surface area contributed by atoms with Crippen molar-refractivity contribution < 1.29 is 9.59 Å². The topological polar surface area (TPSA) is 84.2 Å². The van der Waals surface area contributed by atoms with Gasteiger partial charge in [0, 0.05) is 18.5 Å². The predicted molar refractivity (Wildman–Crippen MR) is 73.0 cm³/mol. The summed E-state index contributed by atoms with van der Waals surface area (Å²) in [7, 11) is 0. The lowest BCUT2D eigenvalue weighted by Crippen LogP contribution is -2.52. The van der Waals surface area contributed by atoms with Gasteiger partial charge in [-0.3, -0.25) is 9.59 Å². The smallest absolute Gasteiger partial charge is 0.236 e. The fraction of sp³-hybridized carbons (Fsp3) is 0.846. The Morgan fingerprint density at radius 1 is 1.22 bits per heavy atom. The summed E-state index contributed by atoms with van der Waals surface area (Å²) in [6.07, 6.45) is 1.17. The third-order valence-corrected chi connectivity index (χ3v) is 2.64. The van der Waals surface area contributed by atoms with Crippen LogP contribution in [0.3, 0.4) is 0 Å². The van der Waals surface area contributed by atoms with Crippen LogP contribution in [-0.2, 0) is 9.59 Å². The molecule has 0 aromatic carbocycles. The Morgan fingerprint density at radius 2 is 1.78 bits per heavy atom. The summed E-state index contributed by atoms with van der Waals surface area (Å²) in [6, 6.07) is -0.341. The molecule has 0 aliphatic heterocycles. The molecular formula is C13H27N3O2. The van der Waals surface area contributed by atoms with E-state index in [1.807, 2.05) is 13.8 Å². The second-order valence-electron chi connectivity index (χ2n) is 5.87. The second-order valence-corrected chi connectivity index (χ2v) is 5.87. The number of carbonyl (C=O) groups is 2. The quantitative estimate of drug-likeness (QED) is 0.601. The highest BCUT2D eigenvalue weighted by molar-refractivity contribution is 5.81. The summed E-state index contributed by atoms with van der Waals surface area (Å²) in [5.74, 6) is 0.146. The third kappa shape index (κ3) is 8.06. The van der Waals surface area contributed by atoms with Crippen LogP contribution >= 0.6 is 0 Å². The summed E-state index contributed by atoms with van der Waals surface area (Å²) in [4.78, 5) is 22.7. The fourth-order valence-electron chi connectivity index (χ4n) is 1.78. The van der Waals surface area contributed by atoms with E-state index in [-0.39, 0.29) is 24.3 Å². The van der Waals surface area contributed by atoms with Crippen molar-refractivity contribution in [3.63, 3.8) is 0 Å². The van der Waals surface area contributed by atoms with Crippen molar-refractivity contribution in [2.75, 3.05) is 6.54 Å². The zero-order valence-electron chi connectivity index (χ0n) is 12.2. The summed E-state index contributed by atoms with van der Waals surface area (Å²) in [5.41, 5.74) is 4.69. The van der Waals surface area contributed by atoms with Crippen molar-refractivity contribution >= 4 is 11.8 Å². The van der Waals surface area contributed by atoms with Crippen molar-refractivity contribution in [3.8, 4) is 0 Å². The lowest BCUT2D eigenvalue weighted by Gasteiger charge is -2.28. The molecule has 0 radical (unpaired) electrons. The van der Waals surface area contributed by atoms with Gasteiger partial charge in [0.2, 0.25) is 11.8 Å². The van der Waals surface area contributed by atoms with E-state index in [0.29, 0.717) is 12.5 Å². The van der Waals surface area contributed by atoms with Crippen LogP contribution in [0.1, 0.15) is 47.5 Å². The van der Waals surface area contributed by atoms with Crippen LogP contribution < -0.4 is 16.4 Å². The molecule has 1 atom stereocenters. The van der Waals surface area contributed by atoms with Gasteiger partial charge in [0.1, 0.15) is 0 Å². The Morgan fingerprint density at radius 3 is 2.22 bits per heavy atom. The molecule has 0 spiro atoms. The minimum absolute atomic E-state index is 0.0480. The summed E-state index contributed by atoms with van der Waals surface area (Å²) in [6.45, 7) is 10.4. The van der Waals surface area contributed by atoms with Crippen molar-refractivity contribution in [2.24, 2.45) is 11.7 Å². The van der Waals surface area contributed by atoms with E-state index in [1.54, 1.807) is 6.92 Å². The average Bonchev–Trinajstić information content (AvgIpc) is 2.13. The van der Waals surface area contributed by atoms with E-state index in [2.05, 4.69) is 24.5 Å². The maximum absolute atomic E-state index is 11.8. The molecule has 0 saturated heterocycles. The minimum Gasteiger partial charge on any atom is -0.370 e. The molecule has 0 heterocycles. The highest BCUT2D eigenvalue weighted by Crippen LogP contribution is 2.08. The normalized spacial score (nSPS) is 13.4. The van der Waals surface area contributed by atoms with E-state index >= 15 is 0 Å². The molecule has 2 amide bonds. The highest BCUT2D eigenvalue weighted by Gasteiger charge is 2.25. The first kappa shape index (κ1) is 16.9. The van der Waals surface area contributed by atoms with Gasteiger partial charge in [-0.1, -0.05) is 13.8 Å². The van der Waals surface area contributed by atoms with Crippen molar-refractivity contribution in [2.45, 2.75) is 59.0 Å². The van der Waals surface area contributed by atoms with Gasteiger partial charge in [-0.15, -0.1) is 0 Å². The molecule has 4 N–H and O–H groups in total. The van der Waals surface area contributed by atoms with Gasteiger partial charge in [-0.25, -0.2) is 0 Å². The predicted octanol–water partition coefficient (Wildman–Crippen LogP) is 0.781. The zero-order valence-corrected chi connectivity index (χ0v) is 12.2. The molecule has 0 fully saturated rings. The molecule has 0 aromatic rings. The van der Waals surface area contributed by atoms with Crippen LogP contribution in [0.25, 0.3) is 0 Å². The number of amides is 2. The molecule has 1 unspecified atom stereocenters. The Hall–Kier alpha value is -1.10. The van der Waals surface area contributed by atoms with Crippen LogP contribution in [0.5, 0.6) is 0 Å². The molecule has 0 bridgehead atoms. The van der Waals surface area contributed by atoms with Crippen LogP contribution in [-0.4, -0.2) is 29.9 Å². The Labute approximate surface area is 110 Å². The number of nitrogens with two attached hydrogens (primary N) is 1. The lowest BCUT2D eigenvalue weighted by atomic mass is 9.99. The van der Waals surface area contributed by atoms with Crippen LogP contribution in [0.2, 0.25) is 0 Å². The molecule has 0 aliphatic rings. The largest absolute Gasteiger partial charge is 0.370 e. The summed E-state index contributed by atoms with van der Waals surface area (Å²) in [5, 5.41) is 5.98. The molecule has 0 aromatic heterocycles. The summed E-state index contributed by atoms with van der Waals surface area (Å²) < 4.78 is 0. The van der Waals surface area contributed by atoms with Gasteiger partial charge in [-0.05, 0) is 33.1 Å². The van der Waals surface area contributed by atoms with Crippen LogP contribution in [0, 0.1) is 5.92 Å². The number of carbonyl (C=O) groups excluding carboxylic acids is 2. The number of rotatable bonds is 8.